The fraction of sp³-hybridized carbons (Fsp3) is 0.500. The summed E-state index contributed by atoms with van der Waals surface area (Å²) in [5.74, 6) is -0.190. The van der Waals surface area contributed by atoms with Gasteiger partial charge in [-0.1, -0.05) is 0 Å². The van der Waals surface area contributed by atoms with Crippen molar-refractivity contribution in [2.24, 2.45) is 0 Å². The second kappa shape index (κ2) is 6.55. The number of amides is 1. The van der Waals surface area contributed by atoms with E-state index in [1.807, 2.05) is 0 Å². The molecular formula is C14H20N2O4S. The van der Waals surface area contributed by atoms with Gasteiger partial charge in [0.15, 0.2) is 0 Å². The van der Waals surface area contributed by atoms with Crippen molar-refractivity contribution in [3.63, 3.8) is 0 Å². The summed E-state index contributed by atoms with van der Waals surface area (Å²) >= 11 is 0. The number of carbonyl (C=O) groups excluding carboxylic acids is 1. The highest BCUT2D eigenvalue weighted by molar-refractivity contribution is 7.89. The normalized spacial score (nSPS) is 18.7. The standard InChI is InChI=1S/C14H20N2O4S/c1-10-8-13(5-6-14(10)16-11(2)17)21(18,19)15-9-12-4-3-7-20-12/h5-6,8,12,15H,3-4,7,9H2,1-2H3,(H,16,17)/t12-/m0/s1. The van der Waals surface area contributed by atoms with Gasteiger partial charge >= 0.3 is 0 Å². The first-order chi connectivity index (χ1) is 9.88. The summed E-state index contributed by atoms with van der Waals surface area (Å²) in [7, 11) is -3.56. The molecule has 1 aliphatic rings. The second-order valence-electron chi connectivity index (χ2n) is 5.14. The molecular weight excluding hydrogens is 292 g/mol. The molecule has 116 valence electrons. The van der Waals surface area contributed by atoms with E-state index in [1.165, 1.54) is 13.0 Å². The Morgan fingerprint density at radius 3 is 2.76 bits per heavy atom. The van der Waals surface area contributed by atoms with Gasteiger partial charge in [-0.2, -0.15) is 0 Å². The number of anilines is 1. The van der Waals surface area contributed by atoms with Crippen LogP contribution in [-0.2, 0) is 19.6 Å². The van der Waals surface area contributed by atoms with Crippen molar-refractivity contribution in [3.8, 4) is 0 Å². The lowest BCUT2D eigenvalue weighted by Gasteiger charge is -2.13. The smallest absolute Gasteiger partial charge is 0.240 e. The van der Waals surface area contributed by atoms with E-state index in [4.69, 9.17) is 4.74 Å². The van der Waals surface area contributed by atoms with Crippen LogP contribution < -0.4 is 10.0 Å². The summed E-state index contributed by atoms with van der Waals surface area (Å²) in [5, 5.41) is 2.65. The highest BCUT2D eigenvalue weighted by atomic mass is 32.2. The fourth-order valence-corrected chi connectivity index (χ4v) is 3.38. The Morgan fingerprint density at radius 1 is 1.43 bits per heavy atom. The van der Waals surface area contributed by atoms with E-state index in [-0.39, 0.29) is 23.5 Å². The molecule has 0 aliphatic carbocycles. The van der Waals surface area contributed by atoms with Gasteiger partial charge < -0.3 is 10.1 Å². The average molecular weight is 312 g/mol. The van der Waals surface area contributed by atoms with E-state index in [0.717, 1.165) is 12.8 Å². The van der Waals surface area contributed by atoms with Gasteiger partial charge in [-0.15, -0.1) is 0 Å². The van der Waals surface area contributed by atoms with Crippen LogP contribution in [0.2, 0.25) is 0 Å². The maximum absolute atomic E-state index is 12.2. The third-order valence-corrected chi connectivity index (χ3v) is 4.77. The number of rotatable bonds is 5. The van der Waals surface area contributed by atoms with Crippen LogP contribution in [0.5, 0.6) is 0 Å². The Bertz CT molecular complexity index is 622. The van der Waals surface area contributed by atoms with Crippen molar-refractivity contribution >= 4 is 21.6 Å². The van der Waals surface area contributed by atoms with Crippen LogP contribution in [0.4, 0.5) is 5.69 Å². The Morgan fingerprint density at radius 2 is 2.19 bits per heavy atom. The summed E-state index contributed by atoms with van der Waals surface area (Å²) in [6.45, 7) is 4.14. The zero-order valence-corrected chi connectivity index (χ0v) is 13.0. The van der Waals surface area contributed by atoms with E-state index >= 15 is 0 Å². The number of benzene rings is 1. The molecule has 1 fully saturated rings. The number of ether oxygens (including phenoxy) is 1. The molecule has 1 amide bonds. The summed E-state index contributed by atoms with van der Waals surface area (Å²) in [5.41, 5.74) is 1.31. The Kier molecular flexibility index (Phi) is 4.97. The number of aryl methyl sites for hydroxylation is 1. The van der Waals surface area contributed by atoms with Crippen LogP contribution in [0.15, 0.2) is 23.1 Å². The zero-order chi connectivity index (χ0) is 15.5. The SMILES string of the molecule is CC(=O)Nc1ccc(S(=O)(=O)NC[C@@H]2CCCO2)cc1C. The van der Waals surface area contributed by atoms with Gasteiger partial charge in [0.25, 0.3) is 0 Å². The lowest BCUT2D eigenvalue weighted by atomic mass is 10.2. The average Bonchev–Trinajstić information content (AvgIpc) is 2.91. The third-order valence-electron chi connectivity index (χ3n) is 3.34. The molecule has 1 aliphatic heterocycles. The zero-order valence-electron chi connectivity index (χ0n) is 12.2. The fourth-order valence-electron chi connectivity index (χ4n) is 2.22. The summed E-state index contributed by atoms with van der Waals surface area (Å²) < 4.78 is 32.4. The van der Waals surface area contributed by atoms with Crippen molar-refractivity contribution in [2.45, 2.75) is 37.7 Å². The number of hydrogen-bond acceptors (Lipinski definition) is 4. The highest BCUT2D eigenvalue weighted by Crippen LogP contribution is 2.20. The van der Waals surface area contributed by atoms with E-state index in [1.54, 1.807) is 19.1 Å². The molecule has 1 atom stereocenters. The predicted octanol–water partition coefficient (Wildman–Crippen LogP) is 1.41. The maximum atomic E-state index is 12.2. The van der Waals surface area contributed by atoms with Crippen molar-refractivity contribution in [2.75, 3.05) is 18.5 Å². The van der Waals surface area contributed by atoms with Gasteiger partial charge in [-0.05, 0) is 43.5 Å². The first-order valence-corrected chi connectivity index (χ1v) is 8.36. The van der Waals surface area contributed by atoms with Crippen LogP contribution in [0.1, 0.15) is 25.3 Å². The topological polar surface area (TPSA) is 84.5 Å². The van der Waals surface area contributed by atoms with Crippen LogP contribution in [-0.4, -0.2) is 33.6 Å². The molecule has 1 saturated heterocycles. The minimum atomic E-state index is -3.56. The van der Waals surface area contributed by atoms with Crippen molar-refractivity contribution in [3.05, 3.63) is 23.8 Å². The Balaban J connectivity index is 2.08. The molecule has 1 heterocycles. The molecule has 6 nitrogen and oxygen atoms in total. The van der Waals surface area contributed by atoms with E-state index < -0.39 is 10.0 Å². The second-order valence-corrected chi connectivity index (χ2v) is 6.91. The van der Waals surface area contributed by atoms with E-state index in [0.29, 0.717) is 17.9 Å². The minimum Gasteiger partial charge on any atom is -0.377 e. The predicted molar refractivity (Wildman–Crippen MR) is 79.6 cm³/mol. The number of carbonyl (C=O) groups is 1. The molecule has 7 heteroatoms. The number of sulfonamides is 1. The van der Waals surface area contributed by atoms with Gasteiger partial charge in [0.1, 0.15) is 0 Å². The quantitative estimate of drug-likeness (QED) is 0.861. The molecule has 0 bridgehead atoms. The van der Waals surface area contributed by atoms with Crippen LogP contribution in [0.25, 0.3) is 0 Å². The largest absolute Gasteiger partial charge is 0.377 e. The summed E-state index contributed by atoms with van der Waals surface area (Å²) in [6.07, 6.45) is 1.81. The van der Waals surface area contributed by atoms with E-state index in [2.05, 4.69) is 10.0 Å². The summed E-state index contributed by atoms with van der Waals surface area (Å²) in [4.78, 5) is 11.2. The van der Waals surface area contributed by atoms with Crippen molar-refractivity contribution in [1.29, 1.82) is 0 Å². The van der Waals surface area contributed by atoms with Gasteiger partial charge in [-0.25, -0.2) is 13.1 Å². The molecule has 0 unspecified atom stereocenters. The van der Waals surface area contributed by atoms with Crippen LogP contribution in [0, 0.1) is 6.92 Å². The lowest BCUT2D eigenvalue weighted by Crippen LogP contribution is -2.31. The third kappa shape index (κ3) is 4.26. The monoisotopic (exact) mass is 312 g/mol. The Labute approximate surface area is 124 Å². The molecule has 2 N–H and O–H groups in total. The first-order valence-electron chi connectivity index (χ1n) is 6.88. The lowest BCUT2D eigenvalue weighted by molar-refractivity contribution is -0.114. The molecule has 21 heavy (non-hydrogen) atoms. The molecule has 0 spiro atoms. The maximum Gasteiger partial charge on any atom is 0.240 e. The molecule has 0 radical (unpaired) electrons. The molecule has 0 saturated carbocycles. The van der Waals surface area contributed by atoms with Crippen molar-refractivity contribution < 1.29 is 17.9 Å². The minimum absolute atomic E-state index is 0.0421. The van der Waals surface area contributed by atoms with Crippen molar-refractivity contribution in [1.82, 2.24) is 4.72 Å². The molecule has 1 aromatic rings. The first kappa shape index (κ1) is 15.9. The van der Waals surface area contributed by atoms with Gasteiger partial charge in [0.2, 0.25) is 15.9 Å². The molecule has 0 aromatic heterocycles. The van der Waals surface area contributed by atoms with E-state index in [9.17, 15) is 13.2 Å². The number of nitrogens with one attached hydrogen (secondary N) is 2. The number of hydrogen-bond donors (Lipinski definition) is 2. The molecule has 2 rings (SSSR count). The highest BCUT2D eigenvalue weighted by Gasteiger charge is 2.20. The van der Waals surface area contributed by atoms with Crippen LogP contribution in [0.3, 0.4) is 0 Å². The van der Waals surface area contributed by atoms with Gasteiger partial charge in [-0.3, -0.25) is 4.79 Å². The molecule has 1 aromatic carbocycles. The van der Waals surface area contributed by atoms with Gasteiger partial charge in [0.05, 0.1) is 11.0 Å². The Hall–Kier alpha value is -1.44. The van der Waals surface area contributed by atoms with Crippen LogP contribution >= 0.6 is 0 Å². The van der Waals surface area contributed by atoms with Gasteiger partial charge in [0, 0.05) is 25.8 Å². The summed E-state index contributed by atoms with van der Waals surface area (Å²) in [6, 6.07) is 4.62.